The fourth-order valence-electron chi connectivity index (χ4n) is 1.84. The topological polar surface area (TPSA) is 58.4 Å². The number of nitrogens with zero attached hydrogens (tertiary/aromatic N) is 1. The van der Waals surface area contributed by atoms with Gasteiger partial charge in [-0.15, -0.1) is 0 Å². The summed E-state index contributed by atoms with van der Waals surface area (Å²) in [6, 6.07) is 0.309. The van der Waals surface area contributed by atoms with Crippen LogP contribution in [0.4, 0.5) is 0 Å². The minimum atomic E-state index is 0.245. The average Bonchev–Trinajstić information content (AvgIpc) is 2.02. The number of carbonyl (C=O) groups excluding carboxylic acids is 1. The number of amides is 1. The summed E-state index contributed by atoms with van der Waals surface area (Å²) in [5.41, 5.74) is 5.77. The van der Waals surface area contributed by atoms with E-state index in [0.717, 1.165) is 39.0 Å². The first-order valence-electron chi connectivity index (χ1n) is 5.02. The summed E-state index contributed by atoms with van der Waals surface area (Å²) in [6.07, 6.45) is 1.93. The van der Waals surface area contributed by atoms with E-state index in [1.807, 2.05) is 4.90 Å². The van der Waals surface area contributed by atoms with Gasteiger partial charge in [0.1, 0.15) is 0 Å². The van der Waals surface area contributed by atoms with Gasteiger partial charge in [0.2, 0.25) is 5.91 Å². The molecule has 0 aromatic carbocycles. The molecular formula is C9H17N3O. The molecule has 0 saturated carbocycles. The van der Waals surface area contributed by atoms with Crippen LogP contribution in [0.5, 0.6) is 0 Å². The van der Waals surface area contributed by atoms with Gasteiger partial charge in [0.25, 0.3) is 0 Å². The van der Waals surface area contributed by atoms with Gasteiger partial charge < -0.3 is 16.0 Å². The van der Waals surface area contributed by atoms with Crippen molar-refractivity contribution in [3.63, 3.8) is 0 Å². The number of piperidine rings is 1. The van der Waals surface area contributed by atoms with E-state index in [0.29, 0.717) is 11.9 Å². The molecule has 0 atom stereocenters. The van der Waals surface area contributed by atoms with Crippen molar-refractivity contribution in [3.05, 3.63) is 0 Å². The maximum atomic E-state index is 11.7. The Morgan fingerprint density at radius 1 is 1.31 bits per heavy atom. The molecule has 2 heterocycles. The molecule has 13 heavy (non-hydrogen) atoms. The van der Waals surface area contributed by atoms with Gasteiger partial charge in [-0.3, -0.25) is 4.79 Å². The van der Waals surface area contributed by atoms with Crippen molar-refractivity contribution in [2.45, 2.75) is 18.9 Å². The Labute approximate surface area is 78.5 Å². The van der Waals surface area contributed by atoms with Crippen molar-refractivity contribution in [1.82, 2.24) is 10.2 Å². The first kappa shape index (κ1) is 8.97. The molecule has 0 aliphatic carbocycles. The van der Waals surface area contributed by atoms with E-state index in [9.17, 15) is 4.79 Å². The average molecular weight is 183 g/mol. The van der Waals surface area contributed by atoms with Crippen molar-refractivity contribution in [1.29, 1.82) is 0 Å². The largest absolute Gasteiger partial charge is 0.342 e. The molecule has 3 N–H and O–H groups in total. The standard InChI is InChI=1S/C9H17N3O/c10-8-1-3-12(4-2-8)9(13)7-5-11-6-7/h7-8,11H,1-6,10H2. The molecule has 0 aromatic rings. The van der Waals surface area contributed by atoms with Gasteiger partial charge >= 0.3 is 0 Å². The minimum absolute atomic E-state index is 0.245. The molecule has 2 saturated heterocycles. The highest BCUT2D eigenvalue weighted by atomic mass is 16.2. The number of rotatable bonds is 1. The summed E-state index contributed by atoms with van der Waals surface area (Å²) in [5.74, 6) is 0.569. The molecule has 0 radical (unpaired) electrons. The highest BCUT2D eigenvalue weighted by Gasteiger charge is 2.30. The molecule has 0 spiro atoms. The van der Waals surface area contributed by atoms with Gasteiger partial charge in [-0.1, -0.05) is 0 Å². The van der Waals surface area contributed by atoms with Gasteiger partial charge in [-0.25, -0.2) is 0 Å². The number of likely N-dealkylation sites (tertiary alicyclic amines) is 1. The van der Waals surface area contributed by atoms with Crippen LogP contribution in [-0.2, 0) is 4.79 Å². The second kappa shape index (κ2) is 3.64. The van der Waals surface area contributed by atoms with Crippen LogP contribution in [0, 0.1) is 5.92 Å². The third-order valence-corrected chi connectivity index (χ3v) is 2.98. The van der Waals surface area contributed by atoms with Crippen LogP contribution in [0.2, 0.25) is 0 Å². The predicted octanol–water partition coefficient (Wildman–Crippen LogP) is -0.844. The molecule has 74 valence electrons. The first-order valence-corrected chi connectivity index (χ1v) is 5.02. The molecule has 1 amide bonds. The number of hydrogen-bond acceptors (Lipinski definition) is 3. The van der Waals surface area contributed by atoms with Crippen LogP contribution in [0.25, 0.3) is 0 Å². The Bertz CT molecular complexity index is 195. The van der Waals surface area contributed by atoms with Crippen molar-refractivity contribution in [2.75, 3.05) is 26.2 Å². The molecule has 0 unspecified atom stereocenters. The SMILES string of the molecule is NC1CCN(C(=O)C2CNC2)CC1. The van der Waals surface area contributed by atoms with Crippen LogP contribution in [0.15, 0.2) is 0 Å². The highest BCUT2D eigenvalue weighted by molar-refractivity contribution is 5.80. The molecule has 0 aromatic heterocycles. The second-order valence-corrected chi connectivity index (χ2v) is 4.02. The Balaban J connectivity index is 1.83. The molecule has 2 aliphatic rings. The highest BCUT2D eigenvalue weighted by Crippen LogP contribution is 2.14. The lowest BCUT2D eigenvalue weighted by molar-refractivity contribution is -0.138. The smallest absolute Gasteiger partial charge is 0.228 e. The molecule has 4 nitrogen and oxygen atoms in total. The number of hydrogen-bond donors (Lipinski definition) is 2. The van der Waals surface area contributed by atoms with E-state index in [-0.39, 0.29) is 5.92 Å². The zero-order valence-corrected chi connectivity index (χ0v) is 7.83. The fourth-order valence-corrected chi connectivity index (χ4v) is 1.84. The maximum Gasteiger partial charge on any atom is 0.228 e. The van der Waals surface area contributed by atoms with E-state index in [2.05, 4.69) is 5.32 Å². The first-order chi connectivity index (χ1) is 6.27. The third-order valence-electron chi connectivity index (χ3n) is 2.98. The molecule has 0 bridgehead atoms. The number of nitrogens with two attached hydrogens (primary N) is 1. The van der Waals surface area contributed by atoms with Crippen LogP contribution >= 0.6 is 0 Å². The van der Waals surface area contributed by atoms with E-state index >= 15 is 0 Å². The van der Waals surface area contributed by atoms with E-state index in [1.165, 1.54) is 0 Å². The normalized spacial score (nSPS) is 25.8. The summed E-state index contributed by atoms with van der Waals surface area (Å²) in [6.45, 7) is 3.44. The molecule has 2 rings (SSSR count). The molecular weight excluding hydrogens is 166 g/mol. The maximum absolute atomic E-state index is 11.7. The lowest BCUT2D eigenvalue weighted by Crippen LogP contribution is -2.54. The monoisotopic (exact) mass is 183 g/mol. The summed E-state index contributed by atoms with van der Waals surface area (Å²) in [7, 11) is 0. The van der Waals surface area contributed by atoms with Crippen molar-refractivity contribution in [2.24, 2.45) is 11.7 Å². The van der Waals surface area contributed by atoms with Gasteiger partial charge in [-0.05, 0) is 12.8 Å². The predicted molar refractivity (Wildman–Crippen MR) is 50.1 cm³/mol. The molecule has 2 aliphatic heterocycles. The summed E-state index contributed by atoms with van der Waals surface area (Å²) >= 11 is 0. The quantitative estimate of drug-likeness (QED) is 0.557. The van der Waals surface area contributed by atoms with Gasteiger partial charge in [-0.2, -0.15) is 0 Å². The lowest BCUT2D eigenvalue weighted by Gasteiger charge is -2.36. The Morgan fingerprint density at radius 3 is 2.38 bits per heavy atom. The van der Waals surface area contributed by atoms with E-state index < -0.39 is 0 Å². The van der Waals surface area contributed by atoms with Gasteiger partial charge in [0.05, 0.1) is 5.92 Å². The summed E-state index contributed by atoms with van der Waals surface area (Å²) in [4.78, 5) is 13.7. The van der Waals surface area contributed by atoms with Crippen molar-refractivity contribution < 1.29 is 4.79 Å². The minimum Gasteiger partial charge on any atom is -0.342 e. The van der Waals surface area contributed by atoms with Crippen LogP contribution in [0.3, 0.4) is 0 Å². The van der Waals surface area contributed by atoms with Gasteiger partial charge in [0.15, 0.2) is 0 Å². The fraction of sp³-hybridized carbons (Fsp3) is 0.889. The van der Waals surface area contributed by atoms with Crippen molar-refractivity contribution in [3.8, 4) is 0 Å². The summed E-state index contributed by atoms with van der Waals surface area (Å²) in [5, 5.41) is 3.12. The summed E-state index contributed by atoms with van der Waals surface area (Å²) < 4.78 is 0. The lowest BCUT2D eigenvalue weighted by atomic mass is 9.99. The molecule has 2 fully saturated rings. The third kappa shape index (κ3) is 1.84. The van der Waals surface area contributed by atoms with Crippen LogP contribution in [-0.4, -0.2) is 43.0 Å². The Morgan fingerprint density at radius 2 is 1.92 bits per heavy atom. The molecule has 4 heteroatoms. The number of nitrogens with one attached hydrogen (secondary N) is 1. The van der Waals surface area contributed by atoms with Crippen LogP contribution in [0.1, 0.15) is 12.8 Å². The zero-order valence-electron chi connectivity index (χ0n) is 7.83. The van der Waals surface area contributed by atoms with E-state index in [1.54, 1.807) is 0 Å². The van der Waals surface area contributed by atoms with Crippen molar-refractivity contribution >= 4 is 5.91 Å². The second-order valence-electron chi connectivity index (χ2n) is 4.02. The van der Waals surface area contributed by atoms with Gasteiger partial charge in [0, 0.05) is 32.2 Å². The number of carbonyl (C=O) groups is 1. The Hall–Kier alpha value is -0.610. The zero-order chi connectivity index (χ0) is 9.26. The Kier molecular flexibility index (Phi) is 2.51. The van der Waals surface area contributed by atoms with E-state index in [4.69, 9.17) is 5.73 Å². The van der Waals surface area contributed by atoms with Crippen LogP contribution < -0.4 is 11.1 Å².